The van der Waals surface area contributed by atoms with Crippen molar-refractivity contribution in [2.24, 2.45) is 22.7 Å². The third-order valence-electron chi connectivity index (χ3n) is 13.1. The van der Waals surface area contributed by atoms with Crippen LogP contribution in [0.2, 0.25) is 0 Å². The Hall–Kier alpha value is -4.79. The maximum Gasteiger partial charge on any atom is 0.514 e. The summed E-state index contributed by atoms with van der Waals surface area (Å²) >= 11 is 0. The molecule has 304 valence electrons. The van der Waals surface area contributed by atoms with Gasteiger partial charge in [-0.15, -0.1) is 0 Å². The first-order chi connectivity index (χ1) is 27.0. The summed E-state index contributed by atoms with van der Waals surface area (Å²) in [5, 5.41) is 11.9. The van der Waals surface area contributed by atoms with Gasteiger partial charge in [-0.25, -0.2) is 14.0 Å². The summed E-state index contributed by atoms with van der Waals surface area (Å²) in [6.07, 6.45) is 1.28. The number of carbonyl (C=O) groups is 4. The van der Waals surface area contributed by atoms with E-state index in [-0.39, 0.29) is 48.0 Å². The number of hydrogen-bond donors (Lipinski definition) is 1. The maximum atomic E-state index is 17.8. The van der Waals surface area contributed by atoms with Gasteiger partial charge in [0.15, 0.2) is 40.9 Å². The molecule has 2 aliphatic heterocycles. The molecule has 0 aromatic heterocycles. The van der Waals surface area contributed by atoms with Crippen molar-refractivity contribution in [3.05, 3.63) is 71.3 Å². The Balaban J connectivity index is 1.04. The van der Waals surface area contributed by atoms with Crippen LogP contribution in [0.1, 0.15) is 88.9 Å². The Bertz CT molecular complexity index is 2080. The highest BCUT2D eigenvalue weighted by Gasteiger charge is 2.80. The van der Waals surface area contributed by atoms with Gasteiger partial charge in [-0.2, -0.15) is 0 Å². The number of aliphatic hydroxyl groups is 1. The molecular formula is C43H47FO13. The first-order valence-corrected chi connectivity index (χ1v) is 19.4. The maximum absolute atomic E-state index is 17.8. The van der Waals surface area contributed by atoms with Crippen LogP contribution in [0.3, 0.4) is 0 Å². The summed E-state index contributed by atoms with van der Waals surface area (Å²) in [7, 11) is 1.54. The molecule has 14 heteroatoms. The van der Waals surface area contributed by atoms with E-state index in [1.165, 1.54) is 24.3 Å². The van der Waals surface area contributed by atoms with E-state index in [1.54, 1.807) is 58.2 Å². The van der Waals surface area contributed by atoms with E-state index in [1.807, 2.05) is 13.8 Å². The molecule has 3 saturated carbocycles. The van der Waals surface area contributed by atoms with Gasteiger partial charge in [-0.05, 0) is 107 Å². The lowest BCUT2D eigenvalue weighted by Gasteiger charge is -2.62. The minimum atomic E-state index is -2.13. The van der Waals surface area contributed by atoms with Crippen molar-refractivity contribution in [3.63, 3.8) is 0 Å². The third-order valence-corrected chi connectivity index (χ3v) is 13.1. The van der Waals surface area contributed by atoms with Crippen LogP contribution in [0.25, 0.3) is 0 Å². The molecule has 0 bridgehead atoms. The second kappa shape index (κ2) is 13.7. The molecule has 0 radical (unpaired) electrons. The fraction of sp³-hybridized carbons (Fsp3) is 0.535. The van der Waals surface area contributed by atoms with Gasteiger partial charge in [0.1, 0.15) is 5.75 Å². The van der Waals surface area contributed by atoms with Crippen molar-refractivity contribution < 1.29 is 66.6 Å². The minimum Gasteiger partial charge on any atom is -0.497 e. The van der Waals surface area contributed by atoms with Gasteiger partial charge < -0.3 is 43.0 Å². The quantitative estimate of drug-likeness (QED) is 0.212. The van der Waals surface area contributed by atoms with Crippen LogP contribution in [-0.4, -0.2) is 78.4 Å². The fourth-order valence-electron chi connectivity index (χ4n) is 10.6. The Kier molecular flexibility index (Phi) is 9.36. The minimum absolute atomic E-state index is 0.0208. The van der Waals surface area contributed by atoms with Crippen LogP contribution in [0.5, 0.6) is 23.0 Å². The summed E-state index contributed by atoms with van der Waals surface area (Å²) < 4.78 is 64.4. The Labute approximate surface area is 329 Å². The predicted molar refractivity (Wildman–Crippen MR) is 197 cm³/mol. The number of allylic oxidation sites excluding steroid dienone is 4. The van der Waals surface area contributed by atoms with E-state index in [2.05, 4.69) is 0 Å². The van der Waals surface area contributed by atoms with Gasteiger partial charge in [-0.3, -0.25) is 9.59 Å². The molecule has 2 aromatic carbocycles. The number of aliphatic hydroxyl groups excluding tert-OH is 1. The molecular weight excluding hydrogens is 743 g/mol. The van der Waals surface area contributed by atoms with E-state index in [0.717, 1.165) is 0 Å². The first-order valence-electron chi connectivity index (χ1n) is 19.4. The van der Waals surface area contributed by atoms with E-state index in [4.69, 9.17) is 37.9 Å². The zero-order chi connectivity index (χ0) is 40.7. The second-order valence-corrected chi connectivity index (χ2v) is 16.7. The van der Waals surface area contributed by atoms with E-state index in [9.17, 15) is 24.3 Å². The molecule has 0 amide bonds. The van der Waals surface area contributed by atoms with Gasteiger partial charge >= 0.3 is 12.1 Å². The molecule has 2 heterocycles. The molecule has 4 fully saturated rings. The van der Waals surface area contributed by atoms with Crippen molar-refractivity contribution >= 4 is 23.7 Å². The number of hydrogen-bond acceptors (Lipinski definition) is 13. The lowest BCUT2D eigenvalue weighted by molar-refractivity contribution is -0.246. The van der Waals surface area contributed by atoms with Crippen LogP contribution in [-0.2, 0) is 28.5 Å². The summed E-state index contributed by atoms with van der Waals surface area (Å²) in [5.74, 6) is -3.39. The third kappa shape index (κ3) is 5.88. The number of rotatable bonds is 9. The van der Waals surface area contributed by atoms with Crippen molar-refractivity contribution in [3.8, 4) is 23.0 Å². The molecule has 1 saturated heterocycles. The largest absolute Gasteiger partial charge is 0.514 e. The number of esters is 1. The van der Waals surface area contributed by atoms with Crippen molar-refractivity contribution in [1.82, 2.24) is 0 Å². The van der Waals surface area contributed by atoms with Crippen LogP contribution in [0.4, 0.5) is 9.18 Å². The number of benzene rings is 2. The highest BCUT2D eigenvalue weighted by molar-refractivity contribution is 6.01. The predicted octanol–water partition coefficient (Wildman–Crippen LogP) is 6.69. The van der Waals surface area contributed by atoms with Crippen LogP contribution < -0.4 is 18.9 Å². The highest BCUT2D eigenvalue weighted by Crippen LogP contribution is 2.72. The fourth-order valence-corrected chi connectivity index (χ4v) is 10.6. The van der Waals surface area contributed by atoms with E-state index < -0.39 is 82.7 Å². The molecule has 4 aliphatic carbocycles. The standard InChI is InChI=1S/C43H47FO13/c1-7-16-51-36(48)24-17-30-35(55-37(53-30)23-8-11-27(50-6)12-9-23)31(18-24)54-38(49)52-22-33(47)43-34(56-39(2,3)57-43)20-29-28-13-10-25-19-26(45)14-15-40(25,4)42(28,44)32(46)21-41(29,43)5/h8-9,11-12,14-15,17-19,28-29,32,34,37,46H,7,10,13,16,20-22H2,1-6H3/t28?,29?,32-,34+,37?,40-,41-,42-,43+/m0/s1. The number of fused-ring (bicyclic) bond motifs is 8. The highest BCUT2D eigenvalue weighted by atomic mass is 19.1. The molecule has 3 unspecified atom stereocenters. The first kappa shape index (κ1) is 39.1. The average Bonchev–Trinajstić information content (AvgIpc) is 3.80. The SMILES string of the molecule is CCCOC(=O)c1cc(OC(=O)OCC(=O)[C@@]23OC(C)(C)O[C@@H]2CC2C4CCC5=CC(=O)C=C[C@]5(C)[C@@]4(F)[C@@H](O)C[C@@]23C)c2c(c1)OC(c1ccc(OC)cc1)O2. The van der Waals surface area contributed by atoms with Gasteiger partial charge in [0.25, 0.3) is 6.29 Å². The smallest absolute Gasteiger partial charge is 0.497 e. The van der Waals surface area contributed by atoms with E-state index >= 15 is 4.39 Å². The Morgan fingerprint density at radius 2 is 1.77 bits per heavy atom. The van der Waals surface area contributed by atoms with Crippen LogP contribution >= 0.6 is 0 Å². The number of halogens is 1. The Morgan fingerprint density at radius 3 is 2.49 bits per heavy atom. The number of Topliss-reactive ketones (excluding diaryl/α,β-unsaturated/α-hetero) is 1. The van der Waals surface area contributed by atoms with Crippen LogP contribution in [0, 0.1) is 22.7 Å². The lowest BCUT2D eigenvalue weighted by atomic mass is 9.44. The van der Waals surface area contributed by atoms with Crippen molar-refractivity contribution in [1.29, 1.82) is 0 Å². The van der Waals surface area contributed by atoms with Gasteiger partial charge in [0.05, 0.1) is 31.5 Å². The van der Waals surface area contributed by atoms with Crippen molar-refractivity contribution in [2.75, 3.05) is 20.3 Å². The molecule has 13 nitrogen and oxygen atoms in total. The molecule has 1 N–H and O–H groups in total. The number of ketones is 2. The number of ether oxygens (including phenoxy) is 8. The zero-order valence-electron chi connectivity index (χ0n) is 32.8. The summed E-state index contributed by atoms with van der Waals surface area (Å²) in [6.45, 7) is 8.10. The molecule has 8 rings (SSSR count). The zero-order valence-corrected chi connectivity index (χ0v) is 32.8. The van der Waals surface area contributed by atoms with E-state index in [0.29, 0.717) is 36.1 Å². The normalized spacial score (nSPS) is 35.3. The summed E-state index contributed by atoms with van der Waals surface area (Å²) in [6, 6.07) is 9.61. The topological polar surface area (TPSA) is 162 Å². The Morgan fingerprint density at radius 1 is 1.02 bits per heavy atom. The lowest BCUT2D eigenvalue weighted by Crippen LogP contribution is -2.70. The van der Waals surface area contributed by atoms with Gasteiger partial charge in [0, 0.05) is 22.3 Å². The second-order valence-electron chi connectivity index (χ2n) is 16.7. The summed E-state index contributed by atoms with van der Waals surface area (Å²) in [5.41, 5.74) is -4.93. The number of alkyl halides is 1. The average molecular weight is 791 g/mol. The van der Waals surface area contributed by atoms with Crippen molar-refractivity contribution in [2.45, 2.75) is 102 Å². The molecule has 0 spiro atoms. The summed E-state index contributed by atoms with van der Waals surface area (Å²) in [4.78, 5) is 53.3. The molecule has 9 atom stereocenters. The van der Waals surface area contributed by atoms with Gasteiger partial charge in [0.2, 0.25) is 11.5 Å². The molecule has 2 aromatic rings. The molecule has 57 heavy (non-hydrogen) atoms. The van der Waals surface area contributed by atoms with Gasteiger partial charge in [-0.1, -0.05) is 25.5 Å². The monoisotopic (exact) mass is 790 g/mol. The number of carbonyl (C=O) groups excluding carboxylic acids is 4. The number of methoxy groups -OCH3 is 1. The molecule has 6 aliphatic rings. The van der Waals surface area contributed by atoms with Crippen LogP contribution in [0.15, 0.2) is 60.2 Å².